The second kappa shape index (κ2) is 5.83. The average Bonchev–Trinajstić information content (AvgIpc) is 2.89. The van der Waals surface area contributed by atoms with E-state index in [1.807, 2.05) is 0 Å². The molecule has 2 unspecified atom stereocenters. The topological polar surface area (TPSA) is 74.7 Å². The van der Waals surface area contributed by atoms with E-state index >= 15 is 0 Å². The lowest BCUT2D eigenvalue weighted by Crippen LogP contribution is -2.42. The molecule has 0 amide bonds. The van der Waals surface area contributed by atoms with Crippen LogP contribution in [0.25, 0.3) is 0 Å². The van der Waals surface area contributed by atoms with Crippen LogP contribution in [0.3, 0.4) is 0 Å². The van der Waals surface area contributed by atoms with Crippen molar-refractivity contribution in [1.29, 1.82) is 0 Å². The monoisotopic (exact) mass is 317 g/mol. The van der Waals surface area contributed by atoms with Crippen LogP contribution in [0.4, 0.5) is 0 Å². The Morgan fingerprint density at radius 2 is 2.00 bits per heavy atom. The molecule has 1 aliphatic carbocycles. The highest BCUT2D eigenvalue weighted by molar-refractivity contribution is 7.91. The fraction of sp³-hybridized carbons (Fsp3) is 0.615. The van der Waals surface area contributed by atoms with E-state index in [4.69, 9.17) is 5.11 Å². The molecule has 1 saturated carbocycles. The van der Waals surface area contributed by atoms with E-state index < -0.39 is 16.0 Å². The summed E-state index contributed by atoms with van der Waals surface area (Å²) in [4.78, 5) is 10.9. The first-order valence-electron chi connectivity index (χ1n) is 6.65. The Kier molecular flexibility index (Phi) is 4.51. The van der Waals surface area contributed by atoms with E-state index in [-0.39, 0.29) is 15.1 Å². The number of sulfonamides is 1. The van der Waals surface area contributed by atoms with Gasteiger partial charge in [-0.15, -0.1) is 11.3 Å². The van der Waals surface area contributed by atoms with Gasteiger partial charge in [0.2, 0.25) is 0 Å². The molecule has 0 radical (unpaired) electrons. The van der Waals surface area contributed by atoms with E-state index in [1.54, 1.807) is 7.05 Å². The van der Waals surface area contributed by atoms with Crippen molar-refractivity contribution in [1.82, 2.24) is 4.31 Å². The highest BCUT2D eigenvalue weighted by atomic mass is 32.2. The summed E-state index contributed by atoms with van der Waals surface area (Å²) in [6.45, 7) is 2.08. The maximum atomic E-state index is 12.6. The van der Waals surface area contributed by atoms with Crippen molar-refractivity contribution in [2.75, 3.05) is 7.05 Å². The van der Waals surface area contributed by atoms with Gasteiger partial charge in [0, 0.05) is 13.1 Å². The quantitative estimate of drug-likeness (QED) is 0.926. The largest absolute Gasteiger partial charge is 0.477 e. The number of carboxylic acid groups (broad SMARTS) is 1. The van der Waals surface area contributed by atoms with Gasteiger partial charge in [-0.2, -0.15) is 4.31 Å². The zero-order chi connectivity index (χ0) is 14.9. The molecule has 7 heteroatoms. The fourth-order valence-electron chi connectivity index (χ4n) is 2.73. The van der Waals surface area contributed by atoms with Crippen molar-refractivity contribution < 1.29 is 18.3 Å². The number of aromatic carboxylic acids is 1. The number of carbonyl (C=O) groups is 1. The Hall–Kier alpha value is -0.920. The zero-order valence-electron chi connectivity index (χ0n) is 11.6. The summed E-state index contributed by atoms with van der Waals surface area (Å²) in [6, 6.07) is 2.73. The van der Waals surface area contributed by atoms with Gasteiger partial charge in [0.05, 0.1) is 0 Å². The van der Waals surface area contributed by atoms with Gasteiger partial charge in [-0.05, 0) is 30.9 Å². The molecule has 0 aromatic carbocycles. The van der Waals surface area contributed by atoms with Crippen molar-refractivity contribution in [3.05, 3.63) is 17.0 Å². The molecule has 5 nitrogen and oxygen atoms in total. The highest BCUT2D eigenvalue weighted by Crippen LogP contribution is 2.32. The number of thiophene rings is 1. The van der Waals surface area contributed by atoms with Crippen molar-refractivity contribution in [2.24, 2.45) is 5.92 Å². The van der Waals surface area contributed by atoms with Crippen LogP contribution in [0.5, 0.6) is 0 Å². The van der Waals surface area contributed by atoms with Crippen molar-refractivity contribution in [3.63, 3.8) is 0 Å². The van der Waals surface area contributed by atoms with Gasteiger partial charge < -0.3 is 5.11 Å². The molecular formula is C13H19NO4S2. The van der Waals surface area contributed by atoms with E-state index in [2.05, 4.69) is 6.92 Å². The van der Waals surface area contributed by atoms with E-state index in [0.29, 0.717) is 5.92 Å². The zero-order valence-corrected chi connectivity index (χ0v) is 13.2. The van der Waals surface area contributed by atoms with Crippen LogP contribution in [0.1, 0.15) is 42.3 Å². The molecule has 1 heterocycles. The molecule has 0 saturated heterocycles. The van der Waals surface area contributed by atoms with Crippen molar-refractivity contribution >= 4 is 27.3 Å². The molecule has 1 fully saturated rings. The number of carboxylic acids is 1. The molecule has 1 aromatic rings. The molecule has 1 aromatic heterocycles. The maximum Gasteiger partial charge on any atom is 0.345 e. The van der Waals surface area contributed by atoms with Crippen LogP contribution in [0, 0.1) is 5.92 Å². The van der Waals surface area contributed by atoms with Crippen molar-refractivity contribution in [2.45, 2.75) is 42.9 Å². The van der Waals surface area contributed by atoms with E-state index in [9.17, 15) is 13.2 Å². The van der Waals surface area contributed by atoms with E-state index in [0.717, 1.165) is 37.0 Å². The number of nitrogens with zero attached hydrogens (tertiary/aromatic N) is 1. The minimum absolute atomic E-state index is 0.00382. The third-order valence-corrected chi connectivity index (χ3v) is 7.38. The smallest absolute Gasteiger partial charge is 0.345 e. The van der Waals surface area contributed by atoms with Crippen molar-refractivity contribution in [3.8, 4) is 0 Å². The SMILES string of the molecule is CC1CCCCC1N(C)S(=O)(=O)c1ccc(C(=O)O)s1. The van der Waals surface area contributed by atoms with Gasteiger partial charge in [-0.3, -0.25) is 0 Å². The normalized spacial score (nSPS) is 23.9. The fourth-order valence-corrected chi connectivity index (χ4v) is 5.54. The van der Waals surface area contributed by atoms with Gasteiger partial charge in [-0.25, -0.2) is 13.2 Å². The highest BCUT2D eigenvalue weighted by Gasteiger charge is 2.34. The first kappa shape index (κ1) is 15.5. The van der Waals surface area contributed by atoms with Gasteiger partial charge in [0.1, 0.15) is 9.09 Å². The summed E-state index contributed by atoms with van der Waals surface area (Å²) in [7, 11) is -2.00. The van der Waals surface area contributed by atoms with E-state index in [1.165, 1.54) is 16.4 Å². The standard InChI is InChI=1S/C13H19NO4S2/c1-9-5-3-4-6-10(9)14(2)20(17,18)12-8-7-11(19-12)13(15)16/h7-10H,3-6H2,1-2H3,(H,15,16). The summed E-state index contributed by atoms with van der Waals surface area (Å²) < 4.78 is 26.6. The molecule has 1 aliphatic rings. The molecular weight excluding hydrogens is 298 g/mol. The Balaban J connectivity index is 2.26. The number of hydrogen-bond donors (Lipinski definition) is 1. The predicted molar refractivity (Wildman–Crippen MR) is 77.6 cm³/mol. The minimum Gasteiger partial charge on any atom is -0.477 e. The second-order valence-corrected chi connectivity index (χ2v) is 8.58. The first-order chi connectivity index (χ1) is 9.34. The molecule has 0 aliphatic heterocycles. The Bertz CT molecular complexity index is 593. The molecule has 112 valence electrons. The van der Waals surface area contributed by atoms with Crippen LogP contribution in [-0.2, 0) is 10.0 Å². The summed E-state index contributed by atoms with van der Waals surface area (Å²) >= 11 is 0.812. The van der Waals surface area contributed by atoms with Gasteiger partial charge in [-0.1, -0.05) is 19.8 Å². The van der Waals surface area contributed by atoms with Crippen LogP contribution in [-0.4, -0.2) is 36.9 Å². The van der Waals surface area contributed by atoms with Crippen LogP contribution in [0.15, 0.2) is 16.3 Å². The van der Waals surface area contributed by atoms with Gasteiger partial charge >= 0.3 is 5.97 Å². The summed E-state index contributed by atoms with van der Waals surface area (Å²) in [6.07, 6.45) is 4.09. The average molecular weight is 317 g/mol. The third-order valence-electron chi connectivity index (χ3n) is 3.96. The lowest BCUT2D eigenvalue weighted by molar-refractivity contribution is 0.0702. The molecule has 1 N–H and O–H groups in total. The summed E-state index contributed by atoms with van der Waals surface area (Å²) in [5, 5.41) is 8.90. The van der Waals surface area contributed by atoms with Gasteiger partial charge in [0.15, 0.2) is 0 Å². The number of rotatable bonds is 4. The lowest BCUT2D eigenvalue weighted by atomic mass is 9.86. The Labute approximate surface area is 123 Å². The summed E-state index contributed by atoms with van der Waals surface area (Å²) in [5.41, 5.74) is 0. The molecule has 0 bridgehead atoms. The third kappa shape index (κ3) is 2.89. The minimum atomic E-state index is -3.60. The molecule has 2 atom stereocenters. The Morgan fingerprint density at radius 1 is 1.35 bits per heavy atom. The van der Waals surface area contributed by atoms with Crippen LogP contribution in [0.2, 0.25) is 0 Å². The maximum absolute atomic E-state index is 12.6. The molecule has 2 rings (SSSR count). The van der Waals surface area contributed by atoms with Crippen LogP contribution < -0.4 is 0 Å². The lowest BCUT2D eigenvalue weighted by Gasteiger charge is -2.35. The van der Waals surface area contributed by atoms with Gasteiger partial charge in [0.25, 0.3) is 10.0 Å². The molecule has 0 spiro atoms. The second-order valence-electron chi connectivity index (χ2n) is 5.27. The summed E-state index contributed by atoms with van der Waals surface area (Å²) in [5.74, 6) is -0.757. The van der Waals surface area contributed by atoms with Crippen LogP contribution >= 0.6 is 11.3 Å². The Morgan fingerprint density at radius 3 is 2.55 bits per heavy atom. The predicted octanol–water partition coefficient (Wildman–Crippen LogP) is 2.65. The first-order valence-corrected chi connectivity index (χ1v) is 8.91. The number of hydrogen-bond acceptors (Lipinski definition) is 4. The molecule has 20 heavy (non-hydrogen) atoms.